The Morgan fingerprint density at radius 3 is 2.33 bits per heavy atom. The highest BCUT2D eigenvalue weighted by atomic mass is 32.2. The predicted octanol–water partition coefficient (Wildman–Crippen LogP) is 0.794. The van der Waals surface area contributed by atoms with Crippen LogP contribution in [0.25, 0.3) is 0 Å². The van der Waals surface area contributed by atoms with Crippen molar-refractivity contribution < 1.29 is 8.42 Å². The highest BCUT2D eigenvalue weighted by Gasteiger charge is 2.09. The number of nitrogens with zero attached hydrogens (tertiary/aromatic N) is 2. The van der Waals surface area contributed by atoms with E-state index >= 15 is 0 Å². The van der Waals surface area contributed by atoms with Crippen molar-refractivity contribution in [2.75, 3.05) is 6.26 Å². The van der Waals surface area contributed by atoms with Gasteiger partial charge >= 0.3 is 0 Å². The van der Waals surface area contributed by atoms with Crippen LogP contribution in [0.15, 0.2) is 41.6 Å². The first kappa shape index (κ1) is 12.8. The van der Waals surface area contributed by atoms with Gasteiger partial charge in [0.1, 0.15) is 4.90 Å². The second-order valence-electron chi connectivity index (χ2n) is 4.17. The zero-order valence-electron chi connectivity index (χ0n) is 10.1. The lowest BCUT2D eigenvalue weighted by Gasteiger charge is -2.03. The Labute approximate surface area is 106 Å². The fourth-order valence-corrected chi connectivity index (χ4v) is 2.14. The quantitative estimate of drug-likeness (QED) is 0.886. The van der Waals surface area contributed by atoms with Crippen LogP contribution < -0.4 is 5.73 Å². The van der Waals surface area contributed by atoms with Gasteiger partial charge in [0, 0.05) is 19.0 Å². The lowest BCUT2D eigenvalue weighted by molar-refractivity contribution is 0.601. The standard InChI is InChI=1S/C12H15N3O2S/c1-18(16,17)12-7-14-15(9-12)8-11-4-2-10(6-13)3-5-11/h2-5,7,9H,6,8,13H2,1H3. The van der Waals surface area contributed by atoms with E-state index < -0.39 is 9.84 Å². The summed E-state index contributed by atoms with van der Waals surface area (Å²) in [6.45, 7) is 1.06. The summed E-state index contributed by atoms with van der Waals surface area (Å²) in [4.78, 5) is 0.237. The molecule has 1 aromatic carbocycles. The van der Waals surface area contributed by atoms with Crippen LogP contribution in [0, 0.1) is 0 Å². The van der Waals surface area contributed by atoms with E-state index in [-0.39, 0.29) is 4.90 Å². The van der Waals surface area contributed by atoms with Crippen LogP contribution in [-0.2, 0) is 22.9 Å². The van der Waals surface area contributed by atoms with Crippen molar-refractivity contribution in [1.29, 1.82) is 0 Å². The molecular weight excluding hydrogens is 250 g/mol. The molecule has 1 heterocycles. The maximum absolute atomic E-state index is 11.3. The molecule has 0 spiro atoms. The first-order valence-electron chi connectivity index (χ1n) is 5.49. The molecule has 6 heteroatoms. The van der Waals surface area contributed by atoms with E-state index in [0.29, 0.717) is 13.1 Å². The molecule has 0 saturated carbocycles. The van der Waals surface area contributed by atoms with Gasteiger partial charge in [0.25, 0.3) is 0 Å². The topological polar surface area (TPSA) is 78.0 Å². The number of aromatic nitrogens is 2. The second-order valence-corrected chi connectivity index (χ2v) is 6.18. The summed E-state index contributed by atoms with van der Waals surface area (Å²) in [5, 5.41) is 4.03. The van der Waals surface area contributed by atoms with Gasteiger partial charge in [-0.2, -0.15) is 5.10 Å². The average Bonchev–Trinajstić information content (AvgIpc) is 2.78. The van der Waals surface area contributed by atoms with E-state index in [1.807, 2.05) is 24.3 Å². The van der Waals surface area contributed by atoms with E-state index in [4.69, 9.17) is 5.73 Å². The van der Waals surface area contributed by atoms with Crippen molar-refractivity contribution >= 4 is 9.84 Å². The second kappa shape index (κ2) is 4.91. The van der Waals surface area contributed by atoms with Gasteiger partial charge in [0.05, 0.1) is 12.7 Å². The first-order valence-corrected chi connectivity index (χ1v) is 7.38. The number of rotatable bonds is 4. The fourth-order valence-electron chi connectivity index (χ4n) is 1.59. The average molecular weight is 265 g/mol. The fraction of sp³-hybridized carbons (Fsp3) is 0.250. The van der Waals surface area contributed by atoms with Gasteiger partial charge in [-0.25, -0.2) is 8.42 Å². The van der Waals surface area contributed by atoms with E-state index in [9.17, 15) is 8.42 Å². The molecule has 0 unspecified atom stereocenters. The minimum atomic E-state index is -3.18. The Kier molecular flexibility index (Phi) is 3.49. The van der Waals surface area contributed by atoms with Crippen LogP contribution in [0.5, 0.6) is 0 Å². The third-order valence-electron chi connectivity index (χ3n) is 2.64. The maximum atomic E-state index is 11.3. The molecule has 2 aromatic rings. The number of sulfone groups is 1. The summed E-state index contributed by atoms with van der Waals surface area (Å²) in [7, 11) is -3.18. The molecule has 96 valence electrons. The van der Waals surface area contributed by atoms with Crippen LogP contribution in [0.1, 0.15) is 11.1 Å². The molecule has 1 aromatic heterocycles. The number of nitrogens with two attached hydrogens (primary N) is 1. The Morgan fingerprint density at radius 2 is 1.83 bits per heavy atom. The molecule has 0 radical (unpaired) electrons. The molecule has 0 aliphatic carbocycles. The van der Waals surface area contributed by atoms with Crippen LogP contribution in [-0.4, -0.2) is 24.5 Å². The molecule has 0 amide bonds. The molecular formula is C12H15N3O2S. The SMILES string of the molecule is CS(=O)(=O)c1cnn(Cc2ccc(CN)cc2)c1. The molecule has 0 saturated heterocycles. The third kappa shape index (κ3) is 2.96. The molecule has 5 nitrogen and oxygen atoms in total. The van der Waals surface area contributed by atoms with Crippen LogP contribution >= 0.6 is 0 Å². The smallest absolute Gasteiger partial charge is 0.178 e. The maximum Gasteiger partial charge on any atom is 0.178 e. The normalized spacial score (nSPS) is 11.7. The van der Waals surface area contributed by atoms with Crippen LogP contribution in [0.3, 0.4) is 0 Å². The number of benzene rings is 1. The Bertz CT molecular complexity index is 630. The lowest BCUT2D eigenvalue weighted by Crippen LogP contribution is -2.01. The van der Waals surface area contributed by atoms with E-state index in [0.717, 1.165) is 11.1 Å². The van der Waals surface area contributed by atoms with Gasteiger partial charge in [-0.1, -0.05) is 24.3 Å². The van der Waals surface area contributed by atoms with E-state index in [2.05, 4.69) is 5.10 Å². The number of hydrogen-bond donors (Lipinski definition) is 1. The van der Waals surface area contributed by atoms with Crippen molar-refractivity contribution in [2.45, 2.75) is 18.0 Å². The van der Waals surface area contributed by atoms with Crippen molar-refractivity contribution in [3.05, 3.63) is 47.8 Å². The molecule has 0 aliphatic rings. The van der Waals surface area contributed by atoms with Crippen molar-refractivity contribution in [2.24, 2.45) is 5.73 Å². The van der Waals surface area contributed by atoms with Gasteiger partial charge in [0.2, 0.25) is 0 Å². The summed E-state index contributed by atoms with van der Waals surface area (Å²) in [5.41, 5.74) is 7.64. The van der Waals surface area contributed by atoms with Crippen molar-refractivity contribution in [3.63, 3.8) is 0 Å². The summed E-state index contributed by atoms with van der Waals surface area (Å²) < 4.78 is 24.2. The first-order chi connectivity index (χ1) is 8.49. The molecule has 2 rings (SSSR count). The molecule has 0 aliphatic heterocycles. The predicted molar refractivity (Wildman–Crippen MR) is 68.8 cm³/mol. The molecule has 18 heavy (non-hydrogen) atoms. The lowest BCUT2D eigenvalue weighted by atomic mass is 10.1. The van der Waals surface area contributed by atoms with Gasteiger partial charge in [-0.15, -0.1) is 0 Å². The molecule has 0 bridgehead atoms. The molecule has 2 N–H and O–H groups in total. The van der Waals surface area contributed by atoms with Gasteiger partial charge in [-0.3, -0.25) is 4.68 Å². The summed E-state index contributed by atoms with van der Waals surface area (Å²) in [6.07, 6.45) is 4.07. The van der Waals surface area contributed by atoms with Gasteiger partial charge in [-0.05, 0) is 11.1 Å². The Balaban J connectivity index is 2.16. The highest BCUT2D eigenvalue weighted by Crippen LogP contribution is 2.09. The largest absolute Gasteiger partial charge is 0.326 e. The zero-order valence-corrected chi connectivity index (χ0v) is 10.9. The Morgan fingerprint density at radius 1 is 1.22 bits per heavy atom. The zero-order chi connectivity index (χ0) is 13.2. The van der Waals surface area contributed by atoms with E-state index in [1.54, 1.807) is 4.68 Å². The van der Waals surface area contributed by atoms with Gasteiger partial charge in [0.15, 0.2) is 9.84 Å². The molecule has 0 atom stereocenters. The summed E-state index contributed by atoms with van der Waals surface area (Å²) in [6, 6.07) is 7.83. The summed E-state index contributed by atoms with van der Waals surface area (Å²) in [5.74, 6) is 0. The Hall–Kier alpha value is -1.66. The minimum absolute atomic E-state index is 0.237. The minimum Gasteiger partial charge on any atom is -0.326 e. The van der Waals surface area contributed by atoms with Crippen LogP contribution in [0.2, 0.25) is 0 Å². The van der Waals surface area contributed by atoms with Crippen molar-refractivity contribution in [3.8, 4) is 0 Å². The van der Waals surface area contributed by atoms with Crippen molar-refractivity contribution in [1.82, 2.24) is 9.78 Å². The van der Waals surface area contributed by atoms with E-state index in [1.165, 1.54) is 18.6 Å². The molecule has 0 fully saturated rings. The third-order valence-corrected chi connectivity index (χ3v) is 3.71. The monoisotopic (exact) mass is 265 g/mol. The van der Waals surface area contributed by atoms with Crippen LogP contribution in [0.4, 0.5) is 0 Å². The van der Waals surface area contributed by atoms with Gasteiger partial charge < -0.3 is 5.73 Å². The highest BCUT2D eigenvalue weighted by molar-refractivity contribution is 7.90. The summed E-state index contributed by atoms with van der Waals surface area (Å²) >= 11 is 0. The number of hydrogen-bond acceptors (Lipinski definition) is 4.